The van der Waals surface area contributed by atoms with Crippen LogP contribution >= 0.6 is 0 Å². The van der Waals surface area contributed by atoms with Gasteiger partial charge in [0.05, 0.1) is 0 Å². The first-order valence-corrected chi connectivity index (χ1v) is 4.20. The van der Waals surface area contributed by atoms with Gasteiger partial charge in [0.2, 0.25) is 0 Å². The van der Waals surface area contributed by atoms with Gasteiger partial charge in [-0.1, -0.05) is 18.2 Å². The van der Waals surface area contributed by atoms with Gasteiger partial charge in [-0.25, -0.2) is 10.1 Å². The van der Waals surface area contributed by atoms with Crippen LogP contribution in [0, 0.1) is 0 Å². The number of para-hydroxylation sites is 1. The SMILES string of the molecule is NC(=O)[N]Cc1cc2ccccc2o1. The van der Waals surface area contributed by atoms with E-state index in [2.05, 4.69) is 5.32 Å². The Labute approximate surface area is 80.7 Å². The minimum atomic E-state index is -0.676. The van der Waals surface area contributed by atoms with E-state index in [-0.39, 0.29) is 6.54 Å². The minimum absolute atomic E-state index is 0.198. The zero-order valence-electron chi connectivity index (χ0n) is 7.43. The number of carbonyl (C=O) groups excluding carboxylic acids is 1. The Bertz CT molecular complexity index is 429. The van der Waals surface area contributed by atoms with Crippen LogP contribution in [-0.2, 0) is 6.54 Å². The molecule has 1 heterocycles. The van der Waals surface area contributed by atoms with Crippen LogP contribution in [0.15, 0.2) is 34.7 Å². The summed E-state index contributed by atoms with van der Waals surface area (Å²) in [5, 5.41) is 4.54. The fraction of sp³-hybridized carbons (Fsp3) is 0.100. The smallest absolute Gasteiger partial charge is 0.334 e. The molecule has 4 nitrogen and oxygen atoms in total. The molecule has 0 atom stereocenters. The summed E-state index contributed by atoms with van der Waals surface area (Å²) < 4.78 is 5.42. The Morgan fingerprint density at radius 3 is 2.93 bits per heavy atom. The Kier molecular flexibility index (Phi) is 2.10. The quantitative estimate of drug-likeness (QED) is 0.779. The number of hydrogen-bond donors (Lipinski definition) is 1. The maximum atomic E-state index is 10.4. The predicted molar refractivity (Wildman–Crippen MR) is 51.6 cm³/mol. The second-order valence-corrected chi connectivity index (χ2v) is 2.91. The van der Waals surface area contributed by atoms with E-state index in [4.69, 9.17) is 10.2 Å². The lowest BCUT2D eigenvalue weighted by Gasteiger charge is -1.92. The number of amides is 2. The van der Waals surface area contributed by atoms with Crippen LogP contribution < -0.4 is 11.1 Å². The lowest BCUT2D eigenvalue weighted by molar-refractivity contribution is 0.247. The summed E-state index contributed by atoms with van der Waals surface area (Å²) in [6.45, 7) is 0.198. The van der Waals surface area contributed by atoms with Crippen LogP contribution in [0.25, 0.3) is 11.0 Å². The molecule has 0 saturated heterocycles. The van der Waals surface area contributed by atoms with Gasteiger partial charge < -0.3 is 10.2 Å². The van der Waals surface area contributed by atoms with E-state index >= 15 is 0 Å². The maximum Gasteiger partial charge on any atom is 0.334 e. The van der Waals surface area contributed by atoms with Crippen molar-refractivity contribution in [3.8, 4) is 0 Å². The third kappa shape index (κ3) is 1.69. The van der Waals surface area contributed by atoms with Crippen molar-refractivity contribution < 1.29 is 9.21 Å². The Balaban J connectivity index is 2.22. The molecule has 0 bridgehead atoms. The highest BCUT2D eigenvalue weighted by Gasteiger charge is 2.04. The van der Waals surface area contributed by atoms with Crippen molar-refractivity contribution in [1.82, 2.24) is 5.32 Å². The lowest BCUT2D eigenvalue weighted by atomic mass is 10.2. The van der Waals surface area contributed by atoms with E-state index < -0.39 is 6.03 Å². The second-order valence-electron chi connectivity index (χ2n) is 2.91. The molecule has 0 fully saturated rings. The van der Waals surface area contributed by atoms with Gasteiger partial charge in [-0.2, -0.15) is 0 Å². The highest BCUT2D eigenvalue weighted by molar-refractivity contribution is 5.78. The topological polar surface area (TPSA) is 70.3 Å². The van der Waals surface area contributed by atoms with Crippen LogP contribution in [-0.4, -0.2) is 6.03 Å². The molecule has 0 aliphatic carbocycles. The molecule has 71 valence electrons. The van der Waals surface area contributed by atoms with Gasteiger partial charge in [0, 0.05) is 5.39 Å². The van der Waals surface area contributed by atoms with Crippen LogP contribution in [0.3, 0.4) is 0 Å². The molecule has 0 spiro atoms. The number of furan rings is 1. The van der Waals surface area contributed by atoms with Gasteiger partial charge in [0.1, 0.15) is 17.9 Å². The van der Waals surface area contributed by atoms with Gasteiger partial charge in [0.25, 0.3) is 0 Å². The van der Waals surface area contributed by atoms with Gasteiger partial charge in [0.15, 0.2) is 0 Å². The van der Waals surface area contributed by atoms with Crippen molar-refractivity contribution in [2.24, 2.45) is 5.73 Å². The summed E-state index contributed by atoms with van der Waals surface area (Å²) >= 11 is 0. The summed E-state index contributed by atoms with van der Waals surface area (Å²) in [7, 11) is 0. The number of hydrogen-bond acceptors (Lipinski definition) is 2. The Morgan fingerprint density at radius 1 is 1.43 bits per heavy atom. The zero-order chi connectivity index (χ0) is 9.97. The molecule has 1 aromatic heterocycles. The Hall–Kier alpha value is -1.97. The average molecular weight is 189 g/mol. The van der Waals surface area contributed by atoms with E-state index in [0.717, 1.165) is 11.0 Å². The first kappa shape index (κ1) is 8.62. The largest absolute Gasteiger partial charge is 0.459 e. The molecule has 0 aliphatic rings. The second kappa shape index (κ2) is 3.41. The van der Waals surface area contributed by atoms with Crippen molar-refractivity contribution in [2.75, 3.05) is 0 Å². The molecule has 2 rings (SSSR count). The third-order valence-electron chi connectivity index (χ3n) is 1.87. The van der Waals surface area contributed by atoms with Gasteiger partial charge in [-0.3, -0.25) is 0 Å². The number of nitrogens with zero attached hydrogens (tertiary/aromatic N) is 1. The van der Waals surface area contributed by atoms with Gasteiger partial charge in [-0.05, 0) is 12.1 Å². The molecule has 4 heteroatoms. The van der Waals surface area contributed by atoms with Crippen LogP contribution in [0.2, 0.25) is 0 Å². The maximum absolute atomic E-state index is 10.4. The molecule has 14 heavy (non-hydrogen) atoms. The van der Waals surface area contributed by atoms with E-state index in [1.807, 2.05) is 30.3 Å². The van der Waals surface area contributed by atoms with Gasteiger partial charge >= 0.3 is 6.03 Å². The molecule has 1 radical (unpaired) electrons. The molecular weight excluding hydrogens is 180 g/mol. The third-order valence-corrected chi connectivity index (χ3v) is 1.87. The monoisotopic (exact) mass is 189 g/mol. The van der Waals surface area contributed by atoms with E-state index in [1.165, 1.54) is 0 Å². The fourth-order valence-electron chi connectivity index (χ4n) is 1.27. The molecule has 1 aromatic carbocycles. The first-order chi connectivity index (χ1) is 6.75. The molecule has 0 saturated carbocycles. The normalized spacial score (nSPS) is 10.3. The van der Waals surface area contributed by atoms with E-state index in [9.17, 15) is 4.79 Å². The number of primary amides is 1. The van der Waals surface area contributed by atoms with E-state index in [0.29, 0.717) is 5.76 Å². The lowest BCUT2D eigenvalue weighted by Crippen LogP contribution is -2.21. The average Bonchev–Trinajstić information content (AvgIpc) is 2.57. The fourth-order valence-corrected chi connectivity index (χ4v) is 1.27. The van der Waals surface area contributed by atoms with E-state index in [1.54, 1.807) is 0 Å². The van der Waals surface area contributed by atoms with Crippen LogP contribution in [0.5, 0.6) is 0 Å². The summed E-state index contributed by atoms with van der Waals surface area (Å²) in [5.41, 5.74) is 5.68. The zero-order valence-corrected chi connectivity index (χ0v) is 7.43. The number of fused-ring (bicyclic) bond motifs is 1. The van der Waals surface area contributed by atoms with Crippen LogP contribution in [0.1, 0.15) is 5.76 Å². The number of carbonyl (C=O) groups is 1. The molecular formula is C10H9N2O2. The van der Waals surface area contributed by atoms with Gasteiger partial charge in [-0.15, -0.1) is 0 Å². The summed E-state index contributed by atoms with van der Waals surface area (Å²) in [6.07, 6.45) is 0. The van der Waals surface area contributed by atoms with Crippen molar-refractivity contribution in [3.05, 3.63) is 36.1 Å². The number of urea groups is 1. The van der Waals surface area contributed by atoms with Crippen molar-refractivity contribution in [2.45, 2.75) is 6.54 Å². The molecule has 2 aromatic rings. The number of benzene rings is 1. The standard InChI is InChI=1S/C10H9N2O2/c11-10(13)12-6-8-5-7-3-1-2-4-9(7)14-8/h1-5H,6H2,(H2,11,13). The molecule has 0 unspecified atom stereocenters. The molecule has 0 aliphatic heterocycles. The molecule has 2 N–H and O–H groups in total. The highest BCUT2D eigenvalue weighted by atomic mass is 16.3. The Morgan fingerprint density at radius 2 is 2.21 bits per heavy atom. The minimum Gasteiger partial charge on any atom is -0.459 e. The van der Waals surface area contributed by atoms with Crippen molar-refractivity contribution in [1.29, 1.82) is 0 Å². The number of nitrogens with two attached hydrogens (primary N) is 1. The van der Waals surface area contributed by atoms with Crippen molar-refractivity contribution in [3.63, 3.8) is 0 Å². The number of rotatable bonds is 2. The molecule has 2 amide bonds. The first-order valence-electron chi connectivity index (χ1n) is 4.20. The summed E-state index contributed by atoms with van der Waals surface area (Å²) in [5.74, 6) is 0.644. The summed E-state index contributed by atoms with van der Waals surface area (Å²) in [4.78, 5) is 10.4. The summed E-state index contributed by atoms with van der Waals surface area (Å²) in [6, 6.07) is 8.79. The van der Waals surface area contributed by atoms with Crippen LogP contribution in [0.4, 0.5) is 4.79 Å². The van der Waals surface area contributed by atoms with Crippen molar-refractivity contribution >= 4 is 17.0 Å². The highest BCUT2D eigenvalue weighted by Crippen LogP contribution is 2.18. The predicted octanol–water partition coefficient (Wildman–Crippen LogP) is 1.62.